The lowest BCUT2D eigenvalue weighted by molar-refractivity contribution is 0.0145. The van der Waals surface area contributed by atoms with Crippen LogP contribution in [0.2, 0.25) is 0 Å². The SMILES string of the molecule is Fc1ccc(CN2CC(Oc3ccc(-c4noc(C5CCOCC5)n4)cc3)C2)cc1F. The van der Waals surface area contributed by atoms with E-state index in [0.717, 1.165) is 62.1 Å². The smallest absolute Gasteiger partial charge is 0.230 e. The highest BCUT2D eigenvalue weighted by Crippen LogP contribution is 2.28. The van der Waals surface area contributed by atoms with Crippen LogP contribution in [0.3, 0.4) is 0 Å². The topological polar surface area (TPSA) is 60.6 Å². The monoisotopic (exact) mass is 427 g/mol. The number of benzene rings is 2. The summed E-state index contributed by atoms with van der Waals surface area (Å²) in [5.41, 5.74) is 1.63. The highest BCUT2D eigenvalue weighted by Gasteiger charge is 2.28. The molecule has 8 heteroatoms. The van der Waals surface area contributed by atoms with Crippen LogP contribution in [-0.4, -0.2) is 47.4 Å². The average Bonchev–Trinajstić information content (AvgIpc) is 3.26. The Labute approximate surface area is 178 Å². The fraction of sp³-hybridized carbons (Fsp3) is 0.391. The van der Waals surface area contributed by atoms with Gasteiger partial charge in [0.2, 0.25) is 11.7 Å². The molecular weight excluding hydrogens is 404 g/mol. The molecule has 5 rings (SSSR count). The first kappa shape index (κ1) is 20.1. The van der Waals surface area contributed by atoms with Gasteiger partial charge in [0.25, 0.3) is 0 Å². The molecule has 0 atom stereocenters. The van der Waals surface area contributed by atoms with E-state index in [9.17, 15) is 8.78 Å². The van der Waals surface area contributed by atoms with Gasteiger partial charge in [-0.3, -0.25) is 4.90 Å². The van der Waals surface area contributed by atoms with E-state index < -0.39 is 11.6 Å². The van der Waals surface area contributed by atoms with Gasteiger partial charge in [-0.15, -0.1) is 0 Å². The molecule has 6 nitrogen and oxygen atoms in total. The van der Waals surface area contributed by atoms with E-state index in [0.29, 0.717) is 18.3 Å². The molecule has 2 aliphatic rings. The van der Waals surface area contributed by atoms with Crippen molar-refractivity contribution in [2.24, 2.45) is 0 Å². The average molecular weight is 427 g/mol. The van der Waals surface area contributed by atoms with E-state index in [1.165, 1.54) is 6.07 Å². The maximum atomic E-state index is 13.3. The molecule has 0 aliphatic carbocycles. The highest BCUT2D eigenvalue weighted by molar-refractivity contribution is 5.55. The Morgan fingerprint density at radius 3 is 2.52 bits per heavy atom. The first-order chi connectivity index (χ1) is 15.1. The zero-order chi connectivity index (χ0) is 21.2. The number of hydrogen-bond acceptors (Lipinski definition) is 6. The van der Waals surface area contributed by atoms with Crippen molar-refractivity contribution in [3.05, 3.63) is 65.6 Å². The summed E-state index contributed by atoms with van der Waals surface area (Å²) in [5.74, 6) is 0.661. The van der Waals surface area contributed by atoms with Crippen LogP contribution in [0, 0.1) is 11.6 Å². The second-order valence-corrected chi connectivity index (χ2v) is 8.05. The van der Waals surface area contributed by atoms with E-state index in [4.69, 9.17) is 14.0 Å². The third kappa shape index (κ3) is 4.60. The summed E-state index contributed by atoms with van der Waals surface area (Å²) >= 11 is 0. The van der Waals surface area contributed by atoms with Gasteiger partial charge in [-0.25, -0.2) is 8.78 Å². The largest absolute Gasteiger partial charge is 0.488 e. The molecule has 2 aromatic carbocycles. The van der Waals surface area contributed by atoms with Gasteiger partial charge >= 0.3 is 0 Å². The molecule has 1 aromatic heterocycles. The van der Waals surface area contributed by atoms with E-state index >= 15 is 0 Å². The Bertz CT molecular complexity index is 1030. The molecule has 0 N–H and O–H groups in total. The van der Waals surface area contributed by atoms with E-state index in [2.05, 4.69) is 15.0 Å². The van der Waals surface area contributed by atoms with Gasteiger partial charge in [0.15, 0.2) is 11.6 Å². The molecule has 162 valence electrons. The van der Waals surface area contributed by atoms with Crippen molar-refractivity contribution in [3.8, 4) is 17.1 Å². The lowest BCUT2D eigenvalue weighted by atomic mass is 10.0. The number of halogens is 2. The summed E-state index contributed by atoms with van der Waals surface area (Å²) in [7, 11) is 0. The Kier molecular flexibility index (Phi) is 5.65. The molecule has 2 saturated heterocycles. The van der Waals surface area contributed by atoms with Crippen molar-refractivity contribution in [2.75, 3.05) is 26.3 Å². The van der Waals surface area contributed by atoms with Crippen molar-refractivity contribution >= 4 is 0 Å². The molecule has 31 heavy (non-hydrogen) atoms. The number of likely N-dealkylation sites (tertiary alicyclic amines) is 1. The Hall–Kier alpha value is -2.84. The Morgan fingerprint density at radius 1 is 1.00 bits per heavy atom. The predicted molar refractivity (Wildman–Crippen MR) is 109 cm³/mol. The van der Waals surface area contributed by atoms with Gasteiger partial charge in [-0.05, 0) is 54.8 Å². The molecule has 2 aliphatic heterocycles. The summed E-state index contributed by atoms with van der Waals surface area (Å²) < 4.78 is 43.2. The van der Waals surface area contributed by atoms with Crippen molar-refractivity contribution in [1.29, 1.82) is 0 Å². The Morgan fingerprint density at radius 2 is 1.77 bits per heavy atom. The number of hydrogen-bond donors (Lipinski definition) is 0. The van der Waals surface area contributed by atoms with E-state index in [1.807, 2.05) is 24.3 Å². The van der Waals surface area contributed by atoms with Gasteiger partial charge < -0.3 is 14.0 Å². The maximum absolute atomic E-state index is 13.3. The molecular formula is C23H23F2N3O3. The number of ether oxygens (including phenoxy) is 2. The van der Waals surface area contributed by atoms with Gasteiger partial charge in [-0.1, -0.05) is 11.2 Å². The minimum Gasteiger partial charge on any atom is -0.488 e. The van der Waals surface area contributed by atoms with Crippen molar-refractivity contribution < 1.29 is 22.8 Å². The zero-order valence-corrected chi connectivity index (χ0v) is 17.0. The van der Waals surface area contributed by atoms with Crippen molar-refractivity contribution in [1.82, 2.24) is 15.0 Å². The second-order valence-electron chi connectivity index (χ2n) is 8.05. The van der Waals surface area contributed by atoms with E-state index in [-0.39, 0.29) is 12.0 Å². The standard InChI is InChI=1S/C23H23F2N3O3/c24-20-6-1-15(11-21(20)25)12-28-13-19(14-28)30-18-4-2-16(3-5-18)22-26-23(31-27-22)17-7-9-29-10-8-17/h1-6,11,17,19H,7-10,12-14H2. The molecule has 3 heterocycles. The summed E-state index contributed by atoms with van der Waals surface area (Å²) in [6, 6.07) is 11.7. The zero-order valence-electron chi connectivity index (χ0n) is 17.0. The van der Waals surface area contributed by atoms with Crippen LogP contribution in [0.4, 0.5) is 8.78 Å². The molecule has 0 radical (unpaired) electrons. The molecule has 0 bridgehead atoms. The first-order valence-electron chi connectivity index (χ1n) is 10.5. The Balaban J connectivity index is 1.13. The van der Waals surface area contributed by atoms with Crippen molar-refractivity contribution in [3.63, 3.8) is 0 Å². The third-order valence-electron chi connectivity index (χ3n) is 5.74. The van der Waals surface area contributed by atoms with Crippen LogP contribution >= 0.6 is 0 Å². The first-order valence-corrected chi connectivity index (χ1v) is 10.5. The van der Waals surface area contributed by atoms with Gasteiger partial charge in [0.05, 0.1) is 0 Å². The predicted octanol–water partition coefficient (Wildman–Crippen LogP) is 4.17. The summed E-state index contributed by atoms with van der Waals surface area (Å²) in [4.78, 5) is 6.68. The summed E-state index contributed by atoms with van der Waals surface area (Å²) in [6.07, 6.45) is 1.88. The number of nitrogens with zero attached hydrogens (tertiary/aromatic N) is 3. The molecule has 2 fully saturated rings. The highest BCUT2D eigenvalue weighted by atomic mass is 19.2. The molecule has 0 saturated carbocycles. The van der Waals surface area contributed by atoms with Crippen LogP contribution in [0.1, 0.15) is 30.2 Å². The minimum atomic E-state index is -0.822. The van der Waals surface area contributed by atoms with E-state index in [1.54, 1.807) is 6.07 Å². The van der Waals surface area contributed by atoms with Crippen molar-refractivity contribution in [2.45, 2.75) is 31.4 Å². The lowest BCUT2D eigenvalue weighted by Crippen LogP contribution is -2.53. The van der Waals surface area contributed by atoms with Crippen LogP contribution in [0.5, 0.6) is 5.75 Å². The number of aromatic nitrogens is 2. The van der Waals surface area contributed by atoms with Crippen LogP contribution < -0.4 is 4.74 Å². The maximum Gasteiger partial charge on any atom is 0.230 e. The lowest BCUT2D eigenvalue weighted by Gasteiger charge is -2.39. The summed E-state index contributed by atoms with van der Waals surface area (Å²) in [5, 5.41) is 4.12. The molecule has 0 spiro atoms. The van der Waals surface area contributed by atoms with Gasteiger partial charge in [0.1, 0.15) is 11.9 Å². The molecule has 3 aromatic rings. The molecule has 0 amide bonds. The third-order valence-corrected chi connectivity index (χ3v) is 5.74. The van der Waals surface area contributed by atoms with Crippen LogP contribution in [0.15, 0.2) is 47.0 Å². The normalized spacial score (nSPS) is 18.1. The quantitative estimate of drug-likeness (QED) is 0.589. The fourth-order valence-corrected chi connectivity index (χ4v) is 3.96. The van der Waals surface area contributed by atoms with Gasteiger partial charge in [0, 0.05) is 44.3 Å². The summed E-state index contributed by atoms with van der Waals surface area (Å²) in [6.45, 7) is 3.50. The molecule has 0 unspecified atom stereocenters. The number of rotatable bonds is 6. The van der Waals surface area contributed by atoms with Crippen LogP contribution in [-0.2, 0) is 11.3 Å². The second kappa shape index (κ2) is 8.72. The minimum absolute atomic E-state index is 0.0708. The fourth-order valence-electron chi connectivity index (χ4n) is 3.96. The van der Waals surface area contributed by atoms with Crippen LogP contribution in [0.25, 0.3) is 11.4 Å². The van der Waals surface area contributed by atoms with Gasteiger partial charge in [-0.2, -0.15) is 4.98 Å².